The van der Waals surface area contributed by atoms with Crippen molar-refractivity contribution in [3.8, 4) is 11.1 Å². The van der Waals surface area contributed by atoms with Crippen LogP contribution in [0.5, 0.6) is 0 Å². The zero-order valence-electron chi connectivity index (χ0n) is 13.9. The van der Waals surface area contributed by atoms with E-state index in [0.29, 0.717) is 6.04 Å². The standard InChI is InChI=1S/C20H27NO/c1-16(2)21-15-9-14-20(3,22)19-13-8-7-12-18(19)17-10-5-4-6-11-17/h4-8,10-13,16,21-22H,9,14-15H2,1-3H3/p+1. The molecular weight excluding hydrogens is 270 g/mol. The Hall–Kier alpha value is -1.64. The van der Waals surface area contributed by atoms with Gasteiger partial charge in [-0.2, -0.15) is 0 Å². The molecule has 0 saturated heterocycles. The van der Waals surface area contributed by atoms with Crippen molar-refractivity contribution in [3.63, 3.8) is 0 Å². The van der Waals surface area contributed by atoms with Crippen LogP contribution in [0.2, 0.25) is 0 Å². The van der Waals surface area contributed by atoms with Gasteiger partial charge in [0.25, 0.3) is 0 Å². The van der Waals surface area contributed by atoms with Crippen LogP contribution in [0.3, 0.4) is 0 Å². The van der Waals surface area contributed by atoms with Gasteiger partial charge in [-0.3, -0.25) is 0 Å². The first-order valence-corrected chi connectivity index (χ1v) is 8.21. The van der Waals surface area contributed by atoms with Crippen LogP contribution in [0.1, 0.15) is 39.2 Å². The van der Waals surface area contributed by atoms with Gasteiger partial charge in [0.15, 0.2) is 0 Å². The van der Waals surface area contributed by atoms with Crippen LogP contribution in [0.4, 0.5) is 0 Å². The fourth-order valence-electron chi connectivity index (χ4n) is 2.85. The van der Waals surface area contributed by atoms with E-state index in [1.165, 1.54) is 0 Å². The highest BCUT2D eigenvalue weighted by Gasteiger charge is 2.25. The predicted molar refractivity (Wildman–Crippen MR) is 92.6 cm³/mol. The summed E-state index contributed by atoms with van der Waals surface area (Å²) in [7, 11) is 0. The number of hydrogen-bond donors (Lipinski definition) is 2. The van der Waals surface area contributed by atoms with E-state index in [1.807, 2.05) is 37.3 Å². The molecule has 0 heterocycles. The molecule has 1 atom stereocenters. The van der Waals surface area contributed by atoms with Gasteiger partial charge in [0.05, 0.1) is 18.2 Å². The molecule has 0 saturated carbocycles. The Morgan fingerprint density at radius 3 is 2.32 bits per heavy atom. The topological polar surface area (TPSA) is 36.8 Å². The molecule has 118 valence electrons. The van der Waals surface area contributed by atoms with E-state index >= 15 is 0 Å². The molecule has 2 heteroatoms. The highest BCUT2D eigenvalue weighted by atomic mass is 16.3. The molecule has 2 aromatic carbocycles. The SMILES string of the molecule is CC(C)[NH2+]CCCC(C)(O)c1ccccc1-c1ccccc1. The molecule has 0 aromatic heterocycles. The minimum absolute atomic E-state index is 0.613. The summed E-state index contributed by atoms with van der Waals surface area (Å²) in [5.41, 5.74) is 2.51. The number of rotatable bonds is 7. The quantitative estimate of drug-likeness (QED) is 0.756. The third kappa shape index (κ3) is 4.43. The number of hydrogen-bond acceptors (Lipinski definition) is 1. The van der Waals surface area contributed by atoms with Gasteiger partial charge < -0.3 is 10.4 Å². The fraction of sp³-hybridized carbons (Fsp3) is 0.400. The maximum absolute atomic E-state index is 11.0. The van der Waals surface area contributed by atoms with Crippen LogP contribution in [-0.2, 0) is 5.60 Å². The summed E-state index contributed by atoms with van der Waals surface area (Å²) < 4.78 is 0. The Morgan fingerprint density at radius 2 is 1.64 bits per heavy atom. The van der Waals surface area contributed by atoms with E-state index in [9.17, 15) is 5.11 Å². The van der Waals surface area contributed by atoms with Crippen molar-refractivity contribution >= 4 is 0 Å². The minimum atomic E-state index is -0.794. The van der Waals surface area contributed by atoms with Gasteiger partial charge in [-0.15, -0.1) is 0 Å². The molecule has 22 heavy (non-hydrogen) atoms. The highest BCUT2D eigenvalue weighted by molar-refractivity contribution is 5.68. The van der Waals surface area contributed by atoms with E-state index in [4.69, 9.17) is 0 Å². The average molecular weight is 298 g/mol. The summed E-state index contributed by atoms with van der Waals surface area (Å²) in [4.78, 5) is 0. The fourth-order valence-corrected chi connectivity index (χ4v) is 2.85. The summed E-state index contributed by atoms with van der Waals surface area (Å²) in [6.45, 7) is 7.39. The maximum atomic E-state index is 11.0. The first kappa shape index (κ1) is 16.7. The molecule has 0 bridgehead atoms. The second kappa shape index (κ2) is 7.57. The number of quaternary nitrogens is 1. The van der Waals surface area contributed by atoms with Gasteiger partial charge in [-0.1, -0.05) is 54.6 Å². The molecule has 0 aliphatic rings. The summed E-state index contributed by atoms with van der Waals surface area (Å²) in [5, 5.41) is 13.3. The Labute approximate surface area is 134 Å². The van der Waals surface area contributed by atoms with E-state index < -0.39 is 5.60 Å². The van der Waals surface area contributed by atoms with Crippen LogP contribution in [0.15, 0.2) is 54.6 Å². The van der Waals surface area contributed by atoms with Crippen LogP contribution in [0.25, 0.3) is 11.1 Å². The number of benzene rings is 2. The van der Waals surface area contributed by atoms with E-state index in [-0.39, 0.29) is 0 Å². The minimum Gasteiger partial charge on any atom is -0.385 e. The van der Waals surface area contributed by atoms with Crippen LogP contribution >= 0.6 is 0 Å². The van der Waals surface area contributed by atoms with Gasteiger partial charge in [-0.05, 0) is 50.3 Å². The maximum Gasteiger partial charge on any atom is 0.0876 e. The molecule has 0 fully saturated rings. The van der Waals surface area contributed by atoms with Crippen LogP contribution in [-0.4, -0.2) is 17.7 Å². The van der Waals surface area contributed by atoms with Crippen molar-refractivity contribution in [3.05, 3.63) is 60.2 Å². The predicted octanol–water partition coefficient (Wildman–Crippen LogP) is 3.31. The lowest BCUT2D eigenvalue weighted by molar-refractivity contribution is -0.683. The lowest BCUT2D eigenvalue weighted by Gasteiger charge is -2.26. The Kier molecular flexibility index (Phi) is 5.76. The molecular formula is C20H28NO+. The summed E-state index contributed by atoms with van der Waals surface area (Å²) in [6.07, 6.45) is 1.79. The third-order valence-electron chi connectivity index (χ3n) is 4.10. The molecule has 0 amide bonds. The first-order valence-electron chi connectivity index (χ1n) is 8.21. The zero-order valence-corrected chi connectivity index (χ0v) is 13.9. The monoisotopic (exact) mass is 298 g/mol. The molecule has 2 aromatic rings. The molecule has 3 N–H and O–H groups in total. The van der Waals surface area contributed by atoms with Gasteiger partial charge in [-0.25, -0.2) is 0 Å². The largest absolute Gasteiger partial charge is 0.385 e. The van der Waals surface area contributed by atoms with Gasteiger partial charge in [0.2, 0.25) is 0 Å². The van der Waals surface area contributed by atoms with Crippen molar-refractivity contribution in [2.75, 3.05) is 6.54 Å². The normalized spacial score (nSPS) is 14.0. The molecule has 0 radical (unpaired) electrons. The molecule has 1 unspecified atom stereocenters. The summed E-state index contributed by atoms with van der Waals surface area (Å²) in [6, 6.07) is 19.1. The number of aliphatic hydroxyl groups is 1. The molecule has 0 spiro atoms. The third-order valence-corrected chi connectivity index (χ3v) is 4.10. The van der Waals surface area contributed by atoms with Crippen LogP contribution < -0.4 is 5.32 Å². The Balaban J connectivity index is 2.17. The summed E-state index contributed by atoms with van der Waals surface area (Å²) in [5.74, 6) is 0. The molecule has 2 nitrogen and oxygen atoms in total. The lowest BCUT2D eigenvalue weighted by atomic mass is 9.85. The van der Waals surface area contributed by atoms with E-state index in [2.05, 4.69) is 43.4 Å². The highest BCUT2D eigenvalue weighted by Crippen LogP contribution is 2.34. The molecule has 0 aliphatic carbocycles. The van der Waals surface area contributed by atoms with E-state index in [1.54, 1.807) is 0 Å². The molecule has 2 rings (SSSR count). The van der Waals surface area contributed by atoms with Crippen molar-refractivity contribution in [2.45, 2.75) is 45.3 Å². The zero-order chi connectivity index (χ0) is 16.0. The van der Waals surface area contributed by atoms with Crippen molar-refractivity contribution < 1.29 is 10.4 Å². The summed E-state index contributed by atoms with van der Waals surface area (Å²) >= 11 is 0. The lowest BCUT2D eigenvalue weighted by Crippen LogP contribution is -2.88. The average Bonchev–Trinajstić information content (AvgIpc) is 2.52. The Morgan fingerprint density at radius 1 is 1.00 bits per heavy atom. The second-order valence-electron chi connectivity index (χ2n) is 6.56. The van der Waals surface area contributed by atoms with Crippen molar-refractivity contribution in [1.29, 1.82) is 0 Å². The second-order valence-corrected chi connectivity index (χ2v) is 6.56. The van der Waals surface area contributed by atoms with E-state index in [0.717, 1.165) is 36.1 Å². The van der Waals surface area contributed by atoms with Crippen LogP contribution in [0, 0.1) is 0 Å². The van der Waals surface area contributed by atoms with Crippen molar-refractivity contribution in [1.82, 2.24) is 0 Å². The smallest absolute Gasteiger partial charge is 0.0876 e. The first-order chi connectivity index (χ1) is 10.5. The van der Waals surface area contributed by atoms with Gasteiger partial charge >= 0.3 is 0 Å². The van der Waals surface area contributed by atoms with Crippen molar-refractivity contribution in [2.24, 2.45) is 0 Å². The van der Waals surface area contributed by atoms with Gasteiger partial charge in [0, 0.05) is 0 Å². The number of nitrogens with two attached hydrogens (primary N) is 1. The van der Waals surface area contributed by atoms with Gasteiger partial charge in [0.1, 0.15) is 0 Å². The molecule has 0 aliphatic heterocycles. The Bertz CT molecular complexity index is 575.